The number of carbonyl (C=O) groups excluding carboxylic acids is 1. The molecule has 0 saturated heterocycles. The summed E-state index contributed by atoms with van der Waals surface area (Å²) in [6.45, 7) is 7.11. The van der Waals surface area contributed by atoms with Gasteiger partial charge in [-0.3, -0.25) is 4.90 Å². The molecule has 0 aromatic rings. The van der Waals surface area contributed by atoms with Gasteiger partial charge in [-0.2, -0.15) is 0 Å². The fourth-order valence-electron chi connectivity index (χ4n) is 1.27. The van der Waals surface area contributed by atoms with E-state index in [1.54, 1.807) is 27.7 Å². The maximum atomic E-state index is 10.9. The van der Waals surface area contributed by atoms with Crippen LogP contribution in [0.5, 0.6) is 0 Å². The molecule has 0 aliphatic carbocycles. The highest BCUT2D eigenvalue weighted by Crippen LogP contribution is 2.17. The first-order chi connectivity index (χ1) is 5.84. The van der Waals surface area contributed by atoms with Crippen LogP contribution in [0.15, 0.2) is 0 Å². The molecular formula is C9H17NO3. The van der Waals surface area contributed by atoms with E-state index in [1.165, 1.54) is 4.90 Å². The van der Waals surface area contributed by atoms with Crippen LogP contribution >= 0.6 is 0 Å². The Bertz CT molecular complexity index is 196. The average Bonchev–Trinajstić information content (AvgIpc) is 1.96. The van der Waals surface area contributed by atoms with Gasteiger partial charge >= 0.3 is 6.09 Å². The average molecular weight is 187 g/mol. The van der Waals surface area contributed by atoms with Crippen LogP contribution in [0.2, 0.25) is 0 Å². The van der Waals surface area contributed by atoms with Crippen LogP contribution in [-0.4, -0.2) is 34.0 Å². The summed E-state index contributed by atoms with van der Waals surface area (Å²) >= 11 is 0. The molecule has 0 bridgehead atoms. The number of carbonyl (C=O) groups is 2. The normalized spacial score (nSPS) is 13.5. The van der Waals surface area contributed by atoms with E-state index in [2.05, 4.69) is 0 Å². The predicted octanol–water partition coefficient (Wildman–Crippen LogP) is 1.74. The van der Waals surface area contributed by atoms with Crippen molar-refractivity contribution in [2.75, 3.05) is 0 Å². The lowest BCUT2D eigenvalue weighted by Crippen LogP contribution is -2.51. The van der Waals surface area contributed by atoms with E-state index in [0.717, 1.165) is 0 Å². The largest absolute Gasteiger partial charge is 0.465 e. The van der Waals surface area contributed by atoms with Gasteiger partial charge in [0, 0.05) is 5.54 Å². The number of rotatable bonds is 3. The molecule has 0 aliphatic heterocycles. The lowest BCUT2D eigenvalue weighted by atomic mass is 10.0. The van der Waals surface area contributed by atoms with E-state index in [9.17, 15) is 9.59 Å². The van der Waals surface area contributed by atoms with Gasteiger partial charge in [0.15, 0.2) is 0 Å². The van der Waals surface area contributed by atoms with E-state index in [0.29, 0.717) is 12.7 Å². The molecule has 1 N–H and O–H groups in total. The highest BCUT2D eigenvalue weighted by molar-refractivity contribution is 5.72. The van der Waals surface area contributed by atoms with Gasteiger partial charge in [0.25, 0.3) is 0 Å². The Morgan fingerprint density at radius 1 is 1.54 bits per heavy atom. The van der Waals surface area contributed by atoms with Crippen molar-refractivity contribution < 1.29 is 14.7 Å². The van der Waals surface area contributed by atoms with Crippen molar-refractivity contribution in [1.82, 2.24) is 4.90 Å². The first-order valence-electron chi connectivity index (χ1n) is 4.32. The summed E-state index contributed by atoms with van der Waals surface area (Å²) < 4.78 is 0. The third-order valence-electron chi connectivity index (χ3n) is 1.84. The van der Waals surface area contributed by atoms with Gasteiger partial charge in [0.05, 0.1) is 6.04 Å². The smallest absolute Gasteiger partial charge is 0.408 e. The molecule has 13 heavy (non-hydrogen) atoms. The lowest BCUT2D eigenvalue weighted by molar-refractivity contribution is -0.113. The molecule has 4 heteroatoms. The fourth-order valence-corrected chi connectivity index (χ4v) is 1.27. The lowest BCUT2D eigenvalue weighted by Gasteiger charge is -2.36. The minimum Gasteiger partial charge on any atom is -0.465 e. The molecule has 1 unspecified atom stereocenters. The first-order valence-corrected chi connectivity index (χ1v) is 4.32. The molecule has 0 fully saturated rings. The number of amides is 1. The molecular weight excluding hydrogens is 170 g/mol. The van der Waals surface area contributed by atoms with Crippen molar-refractivity contribution in [3.8, 4) is 0 Å². The number of nitrogens with zero attached hydrogens (tertiary/aromatic N) is 1. The zero-order valence-corrected chi connectivity index (χ0v) is 8.57. The van der Waals surface area contributed by atoms with Gasteiger partial charge in [-0.15, -0.1) is 0 Å². The second kappa shape index (κ2) is 4.25. The molecule has 0 spiro atoms. The molecule has 0 saturated carbocycles. The highest BCUT2D eigenvalue weighted by atomic mass is 16.4. The molecule has 0 aromatic carbocycles. The summed E-state index contributed by atoms with van der Waals surface area (Å²) in [5.41, 5.74) is -0.534. The number of hydrogen-bond donors (Lipinski definition) is 1. The zero-order chi connectivity index (χ0) is 10.6. The quantitative estimate of drug-likeness (QED) is 0.685. The van der Waals surface area contributed by atoms with Crippen LogP contribution in [0, 0.1) is 0 Å². The van der Waals surface area contributed by atoms with E-state index in [4.69, 9.17) is 5.11 Å². The van der Waals surface area contributed by atoms with Gasteiger partial charge in [0.1, 0.15) is 6.29 Å². The Morgan fingerprint density at radius 2 is 2.00 bits per heavy atom. The molecule has 76 valence electrons. The Kier molecular flexibility index (Phi) is 3.91. The van der Waals surface area contributed by atoms with Gasteiger partial charge in [-0.25, -0.2) is 4.79 Å². The van der Waals surface area contributed by atoms with E-state index >= 15 is 0 Å². The van der Waals surface area contributed by atoms with Crippen molar-refractivity contribution in [1.29, 1.82) is 0 Å². The SMILES string of the molecule is CCC(C=O)N(C(=O)O)C(C)(C)C. The van der Waals surface area contributed by atoms with Crippen molar-refractivity contribution >= 4 is 12.4 Å². The standard InChI is InChI=1S/C9H17NO3/c1-5-7(6-11)10(8(12)13)9(2,3)4/h6-7H,5H2,1-4H3,(H,12,13). The minimum absolute atomic E-state index is 0.507. The summed E-state index contributed by atoms with van der Waals surface area (Å²) in [4.78, 5) is 22.7. The molecule has 1 amide bonds. The van der Waals surface area contributed by atoms with E-state index in [-0.39, 0.29) is 0 Å². The van der Waals surface area contributed by atoms with Crippen molar-refractivity contribution in [2.24, 2.45) is 0 Å². The van der Waals surface area contributed by atoms with Crippen LogP contribution in [0.1, 0.15) is 34.1 Å². The van der Waals surface area contributed by atoms with Gasteiger partial charge in [0.2, 0.25) is 0 Å². The van der Waals surface area contributed by atoms with Gasteiger partial charge in [-0.1, -0.05) is 6.92 Å². The summed E-state index contributed by atoms with van der Waals surface area (Å²) in [6.07, 6.45) is 0.137. The Balaban J connectivity index is 4.79. The summed E-state index contributed by atoms with van der Waals surface area (Å²) in [5, 5.41) is 8.91. The van der Waals surface area contributed by atoms with E-state index in [1.807, 2.05) is 0 Å². The topological polar surface area (TPSA) is 57.6 Å². The molecule has 0 aliphatic rings. The van der Waals surface area contributed by atoms with Crippen molar-refractivity contribution in [3.05, 3.63) is 0 Å². The van der Waals surface area contributed by atoms with Gasteiger partial charge in [-0.05, 0) is 27.2 Å². The minimum atomic E-state index is -1.05. The molecule has 4 nitrogen and oxygen atoms in total. The van der Waals surface area contributed by atoms with E-state index < -0.39 is 17.7 Å². The van der Waals surface area contributed by atoms with Crippen LogP contribution < -0.4 is 0 Å². The fraction of sp³-hybridized carbons (Fsp3) is 0.778. The Labute approximate surface area is 78.5 Å². The third-order valence-corrected chi connectivity index (χ3v) is 1.84. The predicted molar refractivity (Wildman–Crippen MR) is 49.8 cm³/mol. The number of carboxylic acid groups (broad SMARTS) is 1. The monoisotopic (exact) mass is 187 g/mol. The van der Waals surface area contributed by atoms with Crippen molar-refractivity contribution in [3.63, 3.8) is 0 Å². The zero-order valence-electron chi connectivity index (χ0n) is 8.57. The maximum Gasteiger partial charge on any atom is 0.408 e. The van der Waals surface area contributed by atoms with Gasteiger partial charge < -0.3 is 9.90 Å². The summed E-state index contributed by atoms with van der Waals surface area (Å²) in [5.74, 6) is 0. The van der Waals surface area contributed by atoms with Crippen LogP contribution in [0.25, 0.3) is 0 Å². The first kappa shape index (κ1) is 11.9. The molecule has 0 heterocycles. The molecule has 0 rings (SSSR count). The molecule has 1 atom stereocenters. The second-order valence-electron chi connectivity index (χ2n) is 3.94. The Hall–Kier alpha value is -1.06. The maximum absolute atomic E-state index is 10.9. The third kappa shape index (κ3) is 3.05. The number of aldehydes is 1. The van der Waals surface area contributed by atoms with Crippen molar-refractivity contribution in [2.45, 2.75) is 45.7 Å². The number of hydrogen-bond acceptors (Lipinski definition) is 2. The van der Waals surface area contributed by atoms with Crippen LogP contribution in [-0.2, 0) is 4.79 Å². The molecule has 0 radical (unpaired) electrons. The highest BCUT2D eigenvalue weighted by Gasteiger charge is 2.31. The Morgan fingerprint density at radius 3 is 2.08 bits per heavy atom. The summed E-state index contributed by atoms with van der Waals surface area (Å²) in [7, 11) is 0. The summed E-state index contributed by atoms with van der Waals surface area (Å²) in [6, 6.07) is -0.544. The second-order valence-corrected chi connectivity index (χ2v) is 3.94. The van der Waals surface area contributed by atoms with Crippen LogP contribution in [0.3, 0.4) is 0 Å². The van der Waals surface area contributed by atoms with Crippen LogP contribution in [0.4, 0.5) is 4.79 Å². The molecule has 0 aromatic heterocycles.